The van der Waals surface area contributed by atoms with E-state index in [-0.39, 0.29) is 0 Å². The molecule has 0 fully saturated rings. The zero-order valence-electron chi connectivity index (χ0n) is 11.4. The minimum atomic E-state index is -0.443. The summed E-state index contributed by atoms with van der Waals surface area (Å²) >= 11 is 0. The zero-order chi connectivity index (χ0) is 15.2. The highest BCUT2D eigenvalue weighted by Crippen LogP contribution is 2.24. The Balaban J connectivity index is 2.06. The Bertz CT molecular complexity index is 707. The molecule has 0 radical (unpaired) electrons. The molecule has 0 atom stereocenters. The van der Waals surface area contributed by atoms with Gasteiger partial charge in [0.25, 0.3) is 0 Å². The minimum Gasteiger partial charge on any atom is -0.497 e. The van der Waals surface area contributed by atoms with Gasteiger partial charge >= 0.3 is 6.03 Å². The highest BCUT2D eigenvalue weighted by molar-refractivity contribution is 6.01. The highest BCUT2D eigenvalue weighted by Gasteiger charge is 2.06. The van der Waals surface area contributed by atoms with Gasteiger partial charge in [-0.15, -0.1) is 0 Å². The second kappa shape index (κ2) is 6.30. The van der Waals surface area contributed by atoms with E-state index < -0.39 is 6.03 Å². The summed E-state index contributed by atoms with van der Waals surface area (Å²) in [5, 5.41) is 14.1. The molecule has 6 nitrogen and oxygen atoms in total. The van der Waals surface area contributed by atoms with Gasteiger partial charge in [0.15, 0.2) is 0 Å². The number of amides is 2. The number of nitrogens with zero attached hydrogens (tertiary/aromatic N) is 1. The molecule has 2 rings (SSSR count). The molecule has 0 unspecified atom stereocenters. The molecule has 4 N–H and O–H groups in total. The van der Waals surface area contributed by atoms with Gasteiger partial charge in [-0.2, -0.15) is 5.26 Å². The molecule has 2 aromatic rings. The molecule has 6 heteroatoms. The number of urea groups is 1. The number of benzene rings is 2. The van der Waals surface area contributed by atoms with Gasteiger partial charge in [-0.1, -0.05) is 6.07 Å². The molecule has 0 saturated carbocycles. The molecule has 0 aliphatic rings. The second-order valence-electron chi connectivity index (χ2n) is 4.22. The Kier molecular flexibility index (Phi) is 4.26. The molecule has 0 aliphatic heterocycles. The van der Waals surface area contributed by atoms with Gasteiger partial charge in [0.05, 0.1) is 30.1 Å². The van der Waals surface area contributed by atoms with Crippen molar-refractivity contribution in [2.75, 3.05) is 23.5 Å². The number of ether oxygens (including phenoxy) is 1. The van der Waals surface area contributed by atoms with Crippen molar-refractivity contribution < 1.29 is 9.53 Å². The second-order valence-corrected chi connectivity index (χ2v) is 4.22. The van der Waals surface area contributed by atoms with Crippen LogP contribution in [0.4, 0.5) is 21.9 Å². The van der Waals surface area contributed by atoms with Gasteiger partial charge in [-0.05, 0) is 30.3 Å². The van der Waals surface area contributed by atoms with Crippen LogP contribution in [-0.2, 0) is 0 Å². The number of nitriles is 1. The molecule has 0 spiro atoms. The fraction of sp³-hybridized carbons (Fsp3) is 0.0667. The van der Waals surface area contributed by atoms with Gasteiger partial charge in [0, 0.05) is 11.8 Å². The molecule has 106 valence electrons. The maximum atomic E-state index is 11.9. The van der Waals surface area contributed by atoms with E-state index in [0.29, 0.717) is 28.4 Å². The number of nitrogens with two attached hydrogens (primary N) is 1. The van der Waals surface area contributed by atoms with Crippen LogP contribution in [-0.4, -0.2) is 13.1 Å². The van der Waals surface area contributed by atoms with Crippen molar-refractivity contribution in [1.29, 1.82) is 5.26 Å². The summed E-state index contributed by atoms with van der Waals surface area (Å²) in [5.74, 6) is 0.611. The summed E-state index contributed by atoms with van der Waals surface area (Å²) in [5.41, 5.74) is 7.69. The number of anilines is 3. The van der Waals surface area contributed by atoms with Gasteiger partial charge in [0.1, 0.15) is 5.75 Å². The topological polar surface area (TPSA) is 100 Å². The van der Waals surface area contributed by atoms with Crippen LogP contribution >= 0.6 is 0 Å². The van der Waals surface area contributed by atoms with E-state index >= 15 is 0 Å². The van der Waals surface area contributed by atoms with E-state index in [4.69, 9.17) is 15.7 Å². The van der Waals surface area contributed by atoms with E-state index in [1.165, 1.54) is 7.11 Å². The lowest BCUT2D eigenvalue weighted by atomic mass is 10.2. The van der Waals surface area contributed by atoms with Crippen LogP contribution in [0.15, 0.2) is 42.5 Å². The first kappa shape index (κ1) is 14.2. The zero-order valence-corrected chi connectivity index (χ0v) is 11.4. The lowest BCUT2D eigenvalue weighted by Crippen LogP contribution is -2.20. The van der Waals surface area contributed by atoms with E-state index in [2.05, 4.69) is 10.6 Å². The smallest absolute Gasteiger partial charge is 0.323 e. The average Bonchev–Trinajstić information content (AvgIpc) is 2.49. The maximum Gasteiger partial charge on any atom is 0.323 e. The molecule has 2 amide bonds. The van der Waals surface area contributed by atoms with Crippen molar-refractivity contribution in [3.8, 4) is 11.8 Å². The number of methoxy groups -OCH3 is 1. The van der Waals surface area contributed by atoms with Gasteiger partial charge in [-0.25, -0.2) is 4.79 Å². The lowest BCUT2D eigenvalue weighted by molar-refractivity contribution is 0.262. The summed E-state index contributed by atoms with van der Waals surface area (Å²) < 4.78 is 5.04. The molecule has 0 saturated heterocycles. The van der Waals surface area contributed by atoms with E-state index in [0.717, 1.165) is 0 Å². The van der Waals surface area contributed by atoms with Crippen molar-refractivity contribution in [2.24, 2.45) is 0 Å². The van der Waals surface area contributed by atoms with Gasteiger partial charge in [0.2, 0.25) is 0 Å². The van der Waals surface area contributed by atoms with E-state index in [9.17, 15) is 4.79 Å². The first-order chi connectivity index (χ1) is 10.1. The van der Waals surface area contributed by atoms with Crippen molar-refractivity contribution >= 4 is 23.1 Å². The average molecular weight is 282 g/mol. The first-order valence-electron chi connectivity index (χ1n) is 6.14. The van der Waals surface area contributed by atoms with Crippen molar-refractivity contribution in [3.05, 3.63) is 48.0 Å². The van der Waals surface area contributed by atoms with Crippen molar-refractivity contribution in [1.82, 2.24) is 0 Å². The van der Waals surface area contributed by atoms with Gasteiger partial charge < -0.3 is 21.1 Å². The largest absolute Gasteiger partial charge is 0.497 e. The minimum absolute atomic E-state index is 0.398. The highest BCUT2D eigenvalue weighted by atomic mass is 16.5. The van der Waals surface area contributed by atoms with Crippen LogP contribution in [0.3, 0.4) is 0 Å². The predicted octanol–water partition coefficient (Wildman–Crippen LogP) is 2.79. The number of carbonyl (C=O) groups is 1. The van der Waals surface area contributed by atoms with Crippen molar-refractivity contribution in [2.45, 2.75) is 0 Å². The number of hydrogen-bond donors (Lipinski definition) is 3. The molecular weight excluding hydrogens is 268 g/mol. The summed E-state index contributed by atoms with van der Waals surface area (Å²) in [6, 6.07) is 13.2. The van der Waals surface area contributed by atoms with Crippen LogP contribution < -0.4 is 21.1 Å². The number of carbonyl (C=O) groups excluding carboxylic acids is 1. The van der Waals surface area contributed by atoms with E-state index in [1.54, 1.807) is 42.5 Å². The molecule has 0 aliphatic carbocycles. The van der Waals surface area contributed by atoms with Crippen LogP contribution in [0.2, 0.25) is 0 Å². The molecular formula is C15H14N4O2. The predicted molar refractivity (Wildman–Crippen MR) is 81.2 cm³/mol. The lowest BCUT2D eigenvalue weighted by Gasteiger charge is -2.11. The Labute approximate surface area is 122 Å². The van der Waals surface area contributed by atoms with Crippen LogP contribution in [0.5, 0.6) is 5.75 Å². The number of rotatable bonds is 3. The molecule has 2 aromatic carbocycles. The molecule has 0 heterocycles. The summed E-state index contributed by atoms with van der Waals surface area (Å²) in [6.45, 7) is 0. The summed E-state index contributed by atoms with van der Waals surface area (Å²) in [7, 11) is 1.54. The first-order valence-corrected chi connectivity index (χ1v) is 6.14. The van der Waals surface area contributed by atoms with Gasteiger partial charge in [-0.3, -0.25) is 0 Å². The van der Waals surface area contributed by atoms with Crippen LogP contribution in [0, 0.1) is 11.3 Å². The standard InChI is InChI=1S/C15H14N4O2/c1-21-12-5-6-14(13(17)8-12)19-15(20)18-11-4-2-3-10(7-11)9-16/h2-8H,17H2,1H3,(H2,18,19,20). The molecule has 0 bridgehead atoms. The summed E-state index contributed by atoms with van der Waals surface area (Å²) in [4.78, 5) is 11.9. The third-order valence-corrected chi connectivity index (χ3v) is 2.76. The fourth-order valence-corrected chi connectivity index (χ4v) is 1.73. The Morgan fingerprint density at radius 3 is 2.71 bits per heavy atom. The monoisotopic (exact) mass is 282 g/mol. The Morgan fingerprint density at radius 1 is 1.24 bits per heavy atom. The number of nitrogens with one attached hydrogen (secondary N) is 2. The Hall–Kier alpha value is -3.20. The number of nitrogen functional groups attached to an aromatic ring is 1. The van der Waals surface area contributed by atoms with Crippen LogP contribution in [0.25, 0.3) is 0 Å². The third-order valence-electron chi connectivity index (χ3n) is 2.76. The Morgan fingerprint density at radius 2 is 2.05 bits per heavy atom. The van der Waals surface area contributed by atoms with Crippen molar-refractivity contribution in [3.63, 3.8) is 0 Å². The number of hydrogen-bond acceptors (Lipinski definition) is 4. The maximum absolute atomic E-state index is 11.9. The summed E-state index contributed by atoms with van der Waals surface area (Å²) in [6.07, 6.45) is 0. The third kappa shape index (κ3) is 3.64. The van der Waals surface area contributed by atoms with E-state index in [1.807, 2.05) is 6.07 Å². The quantitative estimate of drug-likeness (QED) is 0.753. The van der Waals surface area contributed by atoms with Crippen LogP contribution in [0.1, 0.15) is 5.56 Å². The molecule has 0 aromatic heterocycles. The normalized spacial score (nSPS) is 9.52. The fourth-order valence-electron chi connectivity index (χ4n) is 1.73. The molecule has 21 heavy (non-hydrogen) atoms. The SMILES string of the molecule is COc1ccc(NC(=O)Nc2cccc(C#N)c2)c(N)c1.